The van der Waals surface area contributed by atoms with Crippen LogP contribution in [-0.2, 0) is 6.42 Å². The van der Waals surface area contributed by atoms with Gasteiger partial charge in [-0.15, -0.1) is 0 Å². The molecule has 90 valence electrons. The number of benzene rings is 1. The minimum Gasteiger partial charge on any atom is -0.207 e. The van der Waals surface area contributed by atoms with Crippen molar-refractivity contribution >= 4 is 11.6 Å². The first-order valence-corrected chi connectivity index (χ1v) is 6.38. The molecule has 1 aromatic carbocycles. The molecule has 0 N–H and O–H groups in total. The van der Waals surface area contributed by atoms with E-state index in [2.05, 4.69) is 6.07 Å². The highest BCUT2D eigenvalue weighted by atomic mass is 35.5. The summed E-state index contributed by atoms with van der Waals surface area (Å²) in [6.07, 6.45) is 5.60. The summed E-state index contributed by atoms with van der Waals surface area (Å²) in [5.74, 6) is -0.294. The lowest BCUT2D eigenvalue weighted by molar-refractivity contribution is 0.263. The van der Waals surface area contributed by atoms with Crippen LogP contribution in [0.3, 0.4) is 0 Å². The highest BCUT2D eigenvalue weighted by Gasteiger charge is 2.32. The topological polar surface area (TPSA) is 23.8 Å². The molecule has 1 aliphatic rings. The summed E-state index contributed by atoms with van der Waals surface area (Å²) < 4.78 is 13.7. The second-order valence-electron chi connectivity index (χ2n) is 4.87. The van der Waals surface area contributed by atoms with Crippen LogP contribution in [0.15, 0.2) is 18.2 Å². The minimum absolute atomic E-state index is 0.294. The zero-order chi connectivity index (χ0) is 12.3. The molecule has 0 amide bonds. The Hall–Kier alpha value is -1.07. The Kier molecular flexibility index (Phi) is 3.69. The average molecular weight is 252 g/mol. The Labute approximate surface area is 106 Å². The van der Waals surface area contributed by atoms with Gasteiger partial charge in [0.2, 0.25) is 0 Å². The second-order valence-corrected chi connectivity index (χ2v) is 5.30. The third kappa shape index (κ3) is 2.79. The highest BCUT2D eigenvalue weighted by Crippen LogP contribution is 2.39. The van der Waals surface area contributed by atoms with E-state index in [1.165, 1.54) is 12.5 Å². The molecule has 3 heteroatoms. The maximum Gasteiger partial charge on any atom is 0.127 e. The fraction of sp³-hybridized carbons (Fsp3) is 0.500. The summed E-state index contributed by atoms with van der Waals surface area (Å²) in [5, 5.41) is 9.75. The number of hydrogen-bond acceptors (Lipinski definition) is 1. The third-order valence-corrected chi connectivity index (χ3v) is 3.83. The van der Waals surface area contributed by atoms with Crippen molar-refractivity contribution in [2.24, 2.45) is 5.41 Å². The lowest BCUT2D eigenvalue weighted by Gasteiger charge is -2.30. The molecular weight excluding hydrogens is 237 g/mol. The van der Waals surface area contributed by atoms with E-state index in [0.29, 0.717) is 17.0 Å². The molecule has 1 fully saturated rings. The van der Waals surface area contributed by atoms with E-state index in [1.807, 2.05) is 0 Å². The zero-order valence-corrected chi connectivity index (χ0v) is 10.4. The first-order valence-electron chi connectivity index (χ1n) is 6.00. The van der Waals surface area contributed by atoms with Crippen molar-refractivity contribution in [3.63, 3.8) is 0 Å². The van der Waals surface area contributed by atoms with Crippen molar-refractivity contribution in [2.75, 3.05) is 0 Å². The second kappa shape index (κ2) is 5.06. The maximum atomic E-state index is 13.7. The van der Waals surface area contributed by atoms with Crippen LogP contribution in [-0.4, -0.2) is 0 Å². The van der Waals surface area contributed by atoms with E-state index in [0.717, 1.165) is 25.7 Å². The quantitative estimate of drug-likeness (QED) is 0.759. The molecule has 0 unspecified atom stereocenters. The molecule has 0 saturated heterocycles. The van der Waals surface area contributed by atoms with Gasteiger partial charge < -0.3 is 0 Å². The van der Waals surface area contributed by atoms with Gasteiger partial charge in [-0.25, -0.2) is 4.39 Å². The summed E-state index contributed by atoms with van der Waals surface area (Å²) in [7, 11) is 0. The largest absolute Gasteiger partial charge is 0.207 e. The van der Waals surface area contributed by atoms with E-state index in [4.69, 9.17) is 11.6 Å². The molecule has 0 aliphatic heterocycles. The van der Waals surface area contributed by atoms with Crippen LogP contribution >= 0.6 is 11.6 Å². The molecule has 17 heavy (non-hydrogen) atoms. The van der Waals surface area contributed by atoms with Crippen LogP contribution in [0.2, 0.25) is 5.02 Å². The average Bonchev–Trinajstić information content (AvgIpc) is 2.34. The van der Waals surface area contributed by atoms with E-state index in [1.54, 1.807) is 12.1 Å². The van der Waals surface area contributed by atoms with Crippen molar-refractivity contribution in [2.45, 2.75) is 38.5 Å². The fourth-order valence-electron chi connectivity index (χ4n) is 2.59. The van der Waals surface area contributed by atoms with Crippen molar-refractivity contribution in [1.29, 1.82) is 5.26 Å². The number of halogens is 2. The van der Waals surface area contributed by atoms with Gasteiger partial charge >= 0.3 is 0 Å². The van der Waals surface area contributed by atoms with Crippen molar-refractivity contribution in [1.82, 2.24) is 0 Å². The molecule has 1 nitrogen and oxygen atoms in total. The number of nitriles is 1. The van der Waals surface area contributed by atoms with Gasteiger partial charge in [0.15, 0.2) is 0 Å². The van der Waals surface area contributed by atoms with Crippen LogP contribution in [0.1, 0.15) is 37.7 Å². The van der Waals surface area contributed by atoms with Crippen LogP contribution in [0.4, 0.5) is 4.39 Å². The zero-order valence-electron chi connectivity index (χ0n) is 9.68. The van der Waals surface area contributed by atoms with Gasteiger partial charge in [0.1, 0.15) is 5.82 Å². The SMILES string of the molecule is N#CC1(Cc2ccc(Cl)cc2F)CCCCC1. The standard InChI is InChI=1S/C14H15ClFN/c15-12-5-4-11(13(16)8-12)9-14(10-17)6-2-1-3-7-14/h4-5,8H,1-3,6-7,9H2. The highest BCUT2D eigenvalue weighted by molar-refractivity contribution is 6.30. The summed E-state index contributed by atoms with van der Waals surface area (Å²) in [6.45, 7) is 0. The Bertz CT molecular complexity index is 444. The molecule has 0 radical (unpaired) electrons. The number of hydrogen-bond donors (Lipinski definition) is 0. The molecule has 0 spiro atoms. The molecule has 0 heterocycles. The number of nitrogens with zero attached hydrogens (tertiary/aromatic N) is 1. The first kappa shape index (κ1) is 12.4. The Morgan fingerprint density at radius 1 is 1.29 bits per heavy atom. The molecule has 0 aromatic heterocycles. The van der Waals surface area contributed by atoms with Gasteiger partial charge in [0.25, 0.3) is 0 Å². The molecular formula is C14H15ClFN. The van der Waals surface area contributed by atoms with Crippen LogP contribution in [0.5, 0.6) is 0 Å². The van der Waals surface area contributed by atoms with Gasteiger partial charge in [-0.3, -0.25) is 0 Å². The lowest BCUT2D eigenvalue weighted by Crippen LogP contribution is -2.25. The Balaban J connectivity index is 2.21. The molecule has 1 aliphatic carbocycles. The van der Waals surface area contributed by atoms with Crippen LogP contribution in [0, 0.1) is 22.6 Å². The smallest absolute Gasteiger partial charge is 0.127 e. The summed E-state index contributed by atoms with van der Waals surface area (Å²) >= 11 is 5.72. The third-order valence-electron chi connectivity index (χ3n) is 3.59. The Morgan fingerprint density at radius 2 is 2.00 bits per heavy atom. The molecule has 1 aromatic rings. The van der Waals surface area contributed by atoms with Crippen LogP contribution < -0.4 is 0 Å². The summed E-state index contributed by atoms with van der Waals surface area (Å²) in [6, 6.07) is 7.12. The predicted octanol–water partition coefficient (Wildman–Crippen LogP) is 4.50. The van der Waals surface area contributed by atoms with Crippen molar-refractivity contribution < 1.29 is 4.39 Å². The minimum atomic E-state index is -0.368. The van der Waals surface area contributed by atoms with Gasteiger partial charge in [0, 0.05) is 5.02 Å². The number of rotatable bonds is 2. The van der Waals surface area contributed by atoms with E-state index in [-0.39, 0.29) is 11.2 Å². The van der Waals surface area contributed by atoms with E-state index >= 15 is 0 Å². The lowest BCUT2D eigenvalue weighted by atomic mass is 9.71. The predicted molar refractivity (Wildman–Crippen MR) is 66.2 cm³/mol. The monoisotopic (exact) mass is 251 g/mol. The van der Waals surface area contributed by atoms with Gasteiger partial charge in [0.05, 0.1) is 11.5 Å². The van der Waals surface area contributed by atoms with Crippen molar-refractivity contribution in [3.05, 3.63) is 34.6 Å². The van der Waals surface area contributed by atoms with E-state index in [9.17, 15) is 9.65 Å². The normalized spacial score (nSPS) is 18.6. The van der Waals surface area contributed by atoms with Crippen LogP contribution in [0.25, 0.3) is 0 Å². The van der Waals surface area contributed by atoms with Crippen molar-refractivity contribution in [3.8, 4) is 6.07 Å². The van der Waals surface area contributed by atoms with Gasteiger partial charge in [-0.05, 0) is 37.0 Å². The molecule has 1 saturated carbocycles. The maximum absolute atomic E-state index is 13.7. The fourth-order valence-corrected chi connectivity index (χ4v) is 2.75. The summed E-state index contributed by atoms with van der Waals surface area (Å²) in [5.41, 5.74) is 0.241. The molecule has 2 rings (SSSR count). The summed E-state index contributed by atoms with van der Waals surface area (Å²) in [4.78, 5) is 0. The molecule has 0 bridgehead atoms. The van der Waals surface area contributed by atoms with Gasteiger partial charge in [-0.2, -0.15) is 5.26 Å². The molecule has 0 atom stereocenters. The Morgan fingerprint density at radius 3 is 2.59 bits per heavy atom. The van der Waals surface area contributed by atoms with E-state index < -0.39 is 0 Å². The van der Waals surface area contributed by atoms with Gasteiger partial charge in [-0.1, -0.05) is 36.9 Å². The first-order chi connectivity index (χ1) is 8.15.